The summed E-state index contributed by atoms with van der Waals surface area (Å²) in [5, 5.41) is 12.8. The fourth-order valence-electron chi connectivity index (χ4n) is 2.43. The minimum absolute atomic E-state index is 0.735. The van der Waals surface area contributed by atoms with Gasteiger partial charge in [-0.15, -0.1) is 0 Å². The lowest BCUT2D eigenvalue weighted by Gasteiger charge is -2.23. The molecule has 0 heterocycles. The first-order valence-electron chi connectivity index (χ1n) is 7.65. The molecular formula is C19H23NO3. The van der Waals surface area contributed by atoms with E-state index in [2.05, 4.69) is 5.32 Å². The smallest absolute Gasteiger partial charge is 0.313 e. The van der Waals surface area contributed by atoms with E-state index >= 15 is 0 Å². The second kappa shape index (κ2) is 7.18. The predicted octanol–water partition coefficient (Wildman–Crippen LogP) is 3.71. The molecule has 0 saturated carbocycles. The Bertz CT molecular complexity index is 663. The highest BCUT2D eigenvalue weighted by atomic mass is 16.5. The average Bonchev–Trinajstić information content (AvgIpc) is 2.55. The Hall–Kier alpha value is -2.49. The van der Waals surface area contributed by atoms with Gasteiger partial charge in [0, 0.05) is 12.2 Å². The predicted molar refractivity (Wildman–Crippen MR) is 92.3 cm³/mol. The number of hydrogen-bond donors (Lipinski definition) is 2. The van der Waals surface area contributed by atoms with Gasteiger partial charge in [0.15, 0.2) is 0 Å². The number of carboxylic acids is 1. The second-order valence-corrected chi connectivity index (χ2v) is 6.00. The lowest BCUT2D eigenvalue weighted by Crippen LogP contribution is -2.29. The van der Waals surface area contributed by atoms with E-state index in [4.69, 9.17) is 4.74 Å². The highest BCUT2D eigenvalue weighted by molar-refractivity contribution is 5.83. The summed E-state index contributed by atoms with van der Waals surface area (Å²) < 4.78 is 5.15. The van der Waals surface area contributed by atoms with Gasteiger partial charge in [-0.25, -0.2) is 0 Å². The minimum atomic E-state index is -0.927. The van der Waals surface area contributed by atoms with Crippen molar-refractivity contribution in [3.63, 3.8) is 0 Å². The van der Waals surface area contributed by atoms with E-state index in [9.17, 15) is 9.90 Å². The molecule has 0 aliphatic carbocycles. The van der Waals surface area contributed by atoms with Gasteiger partial charge in [0.05, 0.1) is 12.5 Å². The van der Waals surface area contributed by atoms with Gasteiger partial charge in [-0.2, -0.15) is 0 Å². The van der Waals surface area contributed by atoms with Crippen LogP contribution in [0.1, 0.15) is 25.0 Å². The Labute approximate surface area is 137 Å². The fraction of sp³-hybridized carbons (Fsp3) is 0.316. The summed E-state index contributed by atoms with van der Waals surface area (Å²) in [5.41, 5.74) is 1.94. The molecule has 0 aromatic heterocycles. The van der Waals surface area contributed by atoms with Crippen LogP contribution >= 0.6 is 0 Å². The lowest BCUT2D eigenvalue weighted by molar-refractivity contribution is -0.142. The zero-order valence-electron chi connectivity index (χ0n) is 13.8. The molecular weight excluding hydrogens is 290 g/mol. The molecule has 4 nitrogen and oxygen atoms in total. The summed E-state index contributed by atoms with van der Waals surface area (Å²) in [6, 6.07) is 15.5. The molecule has 0 aliphatic heterocycles. The number of hydrogen-bond acceptors (Lipinski definition) is 3. The normalized spacial score (nSPS) is 11.1. The van der Waals surface area contributed by atoms with Gasteiger partial charge < -0.3 is 15.2 Å². The van der Waals surface area contributed by atoms with E-state index in [-0.39, 0.29) is 0 Å². The van der Waals surface area contributed by atoms with E-state index in [0.717, 1.165) is 30.0 Å². The highest BCUT2D eigenvalue weighted by Gasteiger charge is 2.31. The summed E-state index contributed by atoms with van der Waals surface area (Å²) in [4.78, 5) is 11.5. The first-order valence-corrected chi connectivity index (χ1v) is 7.65. The van der Waals surface area contributed by atoms with E-state index < -0.39 is 11.4 Å². The fourth-order valence-corrected chi connectivity index (χ4v) is 2.43. The quantitative estimate of drug-likeness (QED) is 0.818. The van der Waals surface area contributed by atoms with E-state index in [1.165, 1.54) is 5.56 Å². The molecule has 0 amide bonds. The number of anilines is 1. The Kier molecular flexibility index (Phi) is 5.27. The van der Waals surface area contributed by atoms with Crippen LogP contribution in [0, 0.1) is 0 Å². The van der Waals surface area contributed by atoms with Crippen LogP contribution < -0.4 is 10.1 Å². The van der Waals surface area contributed by atoms with Gasteiger partial charge in [0.1, 0.15) is 5.75 Å². The molecule has 2 aromatic rings. The first kappa shape index (κ1) is 16.9. The topological polar surface area (TPSA) is 58.6 Å². The molecule has 2 N–H and O–H groups in total. The number of carbonyl (C=O) groups is 1. The van der Waals surface area contributed by atoms with Crippen molar-refractivity contribution in [2.75, 3.05) is 19.0 Å². The largest absolute Gasteiger partial charge is 0.497 e. The third kappa shape index (κ3) is 4.03. The summed E-state index contributed by atoms with van der Waals surface area (Å²) in [7, 11) is 1.65. The number of benzene rings is 2. The van der Waals surface area contributed by atoms with Crippen molar-refractivity contribution in [1.29, 1.82) is 0 Å². The van der Waals surface area contributed by atoms with Crippen molar-refractivity contribution in [3.05, 3.63) is 59.7 Å². The molecule has 0 radical (unpaired) electrons. The molecule has 0 aliphatic rings. The number of aliphatic carboxylic acids is 1. The standard InChI is InChI=1S/C19H23NO3/c1-19(2,18(21)22)16-6-4-5-7-17(16)20-13-12-14-8-10-15(23-3)11-9-14/h4-11,20H,12-13H2,1-3H3,(H,21,22). The SMILES string of the molecule is COc1ccc(CCNc2ccccc2C(C)(C)C(=O)O)cc1. The van der Waals surface area contributed by atoms with Gasteiger partial charge in [0.2, 0.25) is 0 Å². The van der Waals surface area contributed by atoms with Crippen molar-refractivity contribution in [2.24, 2.45) is 0 Å². The van der Waals surface area contributed by atoms with Crippen LogP contribution in [0.25, 0.3) is 0 Å². The molecule has 0 unspecified atom stereocenters. The molecule has 0 spiro atoms. The van der Waals surface area contributed by atoms with E-state index in [0.29, 0.717) is 0 Å². The maximum Gasteiger partial charge on any atom is 0.313 e. The van der Waals surface area contributed by atoms with Crippen molar-refractivity contribution >= 4 is 11.7 Å². The third-order valence-electron chi connectivity index (χ3n) is 4.02. The summed E-state index contributed by atoms with van der Waals surface area (Å²) in [6.45, 7) is 4.18. The number of ether oxygens (including phenoxy) is 1. The number of para-hydroxylation sites is 1. The zero-order valence-corrected chi connectivity index (χ0v) is 13.8. The van der Waals surface area contributed by atoms with Crippen LogP contribution in [-0.2, 0) is 16.6 Å². The number of rotatable bonds is 7. The van der Waals surface area contributed by atoms with E-state index in [1.54, 1.807) is 21.0 Å². The molecule has 2 rings (SSSR count). The minimum Gasteiger partial charge on any atom is -0.497 e. The van der Waals surface area contributed by atoms with Gasteiger partial charge in [-0.05, 0) is 49.6 Å². The Morgan fingerprint density at radius 2 is 1.78 bits per heavy atom. The Morgan fingerprint density at radius 1 is 1.13 bits per heavy atom. The lowest BCUT2D eigenvalue weighted by atomic mass is 9.83. The first-order chi connectivity index (χ1) is 10.9. The van der Waals surface area contributed by atoms with Gasteiger partial charge in [-0.1, -0.05) is 30.3 Å². The van der Waals surface area contributed by atoms with Crippen molar-refractivity contribution in [2.45, 2.75) is 25.7 Å². The van der Waals surface area contributed by atoms with Crippen LogP contribution in [0.5, 0.6) is 5.75 Å². The Morgan fingerprint density at radius 3 is 2.39 bits per heavy atom. The molecule has 0 atom stereocenters. The van der Waals surface area contributed by atoms with Crippen LogP contribution in [-0.4, -0.2) is 24.7 Å². The average molecular weight is 313 g/mol. The van der Waals surface area contributed by atoms with Gasteiger partial charge in [0.25, 0.3) is 0 Å². The van der Waals surface area contributed by atoms with Crippen molar-refractivity contribution in [3.8, 4) is 5.75 Å². The van der Waals surface area contributed by atoms with Crippen LogP contribution in [0.15, 0.2) is 48.5 Å². The molecule has 23 heavy (non-hydrogen) atoms. The number of nitrogens with one attached hydrogen (secondary N) is 1. The maximum absolute atomic E-state index is 11.5. The summed E-state index contributed by atoms with van der Waals surface area (Å²) in [5.74, 6) is 0.0113. The molecule has 0 bridgehead atoms. The van der Waals surface area contributed by atoms with Gasteiger partial charge in [-0.3, -0.25) is 4.79 Å². The molecule has 4 heteroatoms. The Balaban J connectivity index is 2.04. The van der Waals surface area contributed by atoms with Crippen molar-refractivity contribution < 1.29 is 14.6 Å². The second-order valence-electron chi connectivity index (χ2n) is 6.00. The molecule has 0 fully saturated rings. The zero-order chi connectivity index (χ0) is 16.9. The molecule has 2 aromatic carbocycles. The molecule has 0 saturated heterocycles. The monoisotopic (exact) mass is 313 g/mol. The van der Waals surface area contributed by atoms with Crippen LogP contribution in [0.2, 0.25) is 0 Å². The highest BCUT2D eigenvalue weighted by Crippen LogP contribution is 2.30. The van der Waals surface area contributed by atoms with E-state index in [1.807, 2.05) is 48.5 Å². The molecule has 122 valence electrons. The maximum atomic E-state index is 11.5. The van der Waals surface area contributed by atoms with Crippen molar-refractivity contribution in [1.82, 2.24) is 0 Å². The number of carboxylic acid groups (broad SMARTS) is 1. The third-order valence-corrected chi connectivity index (χ3v) is 4.02. The van der Waals surface area contributed by atoms with Crippen LogP contribution in [0.4, 0.5) is 5.69 Å². The summed E-state index contributed by atoms with van der Waals surface area (Å²) in [6.07, 6.45) is 0.853. The number of methoxy groups -OCH3 is 1. The van der Waals surface area contributed by atoms with Crippen LogP contribution in [0.3, 0.4) is 0 Å². The summed E-state index contributed by atoms with van der Waals surface area (Å²) >= 11 is 0. The van der Waals surface area contributed by atoms with Gasteiger partial charge >= 0.3 is 5.97 Å².